The summed E-state index contributed by atoms with van der Waals surface area (Å²) in [5, 5.41) is 121. The van der Waals surface area contributed by atoms with E-state index < -0.39 is 257 Å². The summed E-state index contributed by atoms with van der Waals surface area (Å²) in [6.07, 6.45) is -19.5. The molecule has 9 amide bonds. The van der Waals surface area contributed by atoms with Crippen molar-refractivity contribution < 1.29 is 137 Å². The Hall–Kier alpha value is -7.86. The molecule has 516 valence electrons. The van der Waals surface area contributed by atoms with E-state index >= 15 is 0 Å². The number of rotatable bonds is 39. The van der Waals surface area contributed by atoms with E-state index in [9.17, 15) is 113 Å². The van der Waals surface area contributed by atoms with Crippen LogP contribution < -0.4 is 59.3 Å². The number of nitrogens with one attached hydrogen (secondary N) is 9. The molecule has 39 heteroatoms. The van der Waals surface area contributed by atoms with Crippen LogP contribution in [0.4, 0.5) is 0 Å². The van der Waals surface area contributed by atoms with Crippen LogP contribution in [0.2, 0.25) is 0 Å². The van der Waals surface area contributed by atoms with Crippen LogP contribution in [0.25, 0.3) is 0 Å². The number of hydrogen-bond acceptors (Lipinski definition) is 25. The first kappa shape index (κ1) is 79.2. The van der Waals surface area contributed by atoms with Gasteiger partial charge in [-0.3, -0.25) is 47.9 Å². The highest BCUT2D eigenvalue weighted by Crippen LogP contribution is 2.31. The molecule has 2 aliphatic rings. The summed E-state index contributed by atoms with van der Waals surface area (Å²) in [7, 11) is 0. The maximum Gasteiger partial charge on any atom is 0.326 e. The van der Waals surface area contributed by atoms with Crippen molar-refractivity contribution in [1.82, 2.24) is 47.9 Å². The summed E-state index contributed by atoms with van der Waals surface area (Å²) in [6, 6.07) is -17.0. The molecule has 0 aliphatic carbocycles. The second-order valence-electron chi connectivity index (χ2n) is 21.7. The predicted octanol–water partition coefficient (Wildman–Crippen LogP) is -9.26. The summed E-state index contributed by atoms with van der Waals surface area (Å²) < 4.78 is 23.1. The van der Waals surface area contributed by atoms with Gasteiger partial charge >= 0.3 is 29.8 Å². The van der Waals surface area contributed by atoms with E-state index in [4.69, 9.17) is 35.5 Å². The summed E-state index contributed by atoms with van der Waals surface area (Å²) in [4.78, 5) is 175. The molecular weight excluding hydrogens is 1230 g/mol. The van der Waals surface area contributed by atoms with E-state index in [2.05, 4.69) is 47.9 Å². The molecule has 0 bridgehead atoms. The normalized spacial score (nSPS) is 24.6. The number of hydrogen-bond donors (Lipinski definition) is 21. The number of carbonyl (C=O) groups excluding carboxylic acids is 9. The summed E-state index contributed by atoms with van der Waals surface area (Å²) >= 11 is 0. The van der Waals surface area contributed by atoms with E-state index in [1.54, 1.807) is 0 Å². The third-order valence-electron chi connectivity index (χ3n) is 14.2. The molecule has 91 heavy (non-hydrogen) atoms. The number of carboxylic acids is 5. The van der Waals surface area contributed by atoms with Gasteiger partial charge in [0.25, 0.3) is 0 Å². The van der Waals surface area contributed by atoms with Crippen molar-refractivity contribution >= 4 is 83.0 Å². The summed E-state index contributed by atoms with van der Waals surface area (Å²) in [5.74, 6) is -16.4. The Bertz CT molecular complexity index is 2570. The average molecular weight is 1310 g/mol. The zero-order valence-electron chi connectivity index (χ0n) is 50.5. The Labute approximate surface area is 519 Å². The van der Waals surface area contributed by atoms with Gasteiger partial charge < -0.3 is 129 Å². The topological polar surface area (TPSA) is 639 Å². The van der Waals surface area contributed by atoms with Crippen LogP contribution in [-0.4, -0.2) is 269 Å². The molecule has 2 heterocycles. The monoisotopic (exact) mass is 1310 g/mol. The quantitative estimate of drug-likeness (QED) is 0.0272. The second kappa shape index (κ2) is 38.1. The summed E-state index contributed by atoms with van der Waals surface area (Å²) in [5.41, 5.74) is 11.0. The van der Waals surface area contributed by atoms with Gasteiger partial charge in [-0.25, -0.2) is 19.2 Å². The van der Waals surface area contributed by atoms with Crippen molar-refractivity contribution in [2.75, 3.05) is 13.2 Å². The van der Waals surface area contributed by atoms with Crippen molar-refractivity contribution in [3.8, 4) is 0 Å². The molecule has 0 aromatic heterocycles. The van der Waals surface area contributed by atoms with Gasteiger partial charge in [0.2, 0.25) is 53.2 Å². The first-order chi connectivity index (χ1) is 42.4. The van der Waals surface area contributed by atoms with Crippen LogP contribution in [0.1, 0.15) is 106 Å². The van der Waals surface area contributed by atoms with Crippen molar-refractivity contribution in [3.05, 3.63) is 0 Å². The molecule has 2 rings (SSSR count). The molecule has 0 saturated carbocycles. The van der Waals surface area contributed by atoms with Crippen molar-refractivity contribution in [3.63, 3.8) is 0 Å². The van der Waals surface area contributed by atoms with Crippen LogP contribution in [-0.2, 0) is 86.1 Å². The molecule has 0 aromatic rings. The van der Waals surface area contributed by atoms with Gasteiger partial charge in [-0.05, 0) is 79.1 Å². The molecule has 0 radical (unpaired) electrons. The average Bonchev–Trinajstić information content (AvgIpc) is 0.793. The lowest BCUT2D eigenvalue weighted by Gasteiger charge is -2.48. The van der Waals surface area contributed by atoms with Crippen molar-refractivity contribution in [2.24, 2.45) is 11.5 Å². The first-order valence-corrected chi connectivity index (χ1v) is 28.6. The van der Waals surface area contributed by atoms with Crippen LogP contribution in [0.3, 0.4) is 0 Å². The lowest BCUT2D eigenvalue weighted by atomic mass is 9.94. The van der Waals surface area contributed by atoms with E-state index in [0.29, 0.717) is 0 Å². The Morgan fingerprint density at radius 1 is 0.462 bits per heavy atom. The molecule has 2 fully saturated rings. The molecule has 0 aromatic carbocycles. The Morgan fingerprint density at radius 2 is 0.879 bits per heavy atom. The number of nitrogens with two attached hydrogens (primary N) is 2. The minimum Gasteiger partial charge on any atom is -0.480 e. The number of carbonyl (C=O) groups is 14. The maximum atomic E-state index is 13.6. The van der Waals surface area contributed by atoms with E-state index in [1.807, 2.05) is 0 Å². The highest BCUT2D eigenvalue weighted by atomic mass is 16.7. The molecule has 23 N–H and O–H groups in total. The Kier molecular flexibility index (Phi) is 33.2. The number of aliphatic hydroxyl groups is 5. The van der Waals surface area contributed by atoms with Gasteiger partial charge in [-0.15, -0.1) is 0 Å². The minimum absolute atomic E-state index is 0.0647. The van der Waals surface area contributed by atoms with E-state index in [1.165, 1.54) is 6.92 Å². The minimum atomic E-state index is -1.95. The fraction of sp³-hybridized carbons (Fsp3) is 0.731. The van der Waals surface area contributed by atoms with Crippen LogP contribution >= 0.6 is 0 Å². The van der Waals surface area contributed by atoms with Gasteiger partial charge in [0.05, 0.1) is 19.3 Å². The second-order valence-corrected chi connectivity index (χ2v) is 21.7. The lowest BCUT2D eigenvalue weighted by molar-refractivity contribution is -0.333. The van der Waals surface area contributed by atoms with Gasteiger partial charge in [0, 0.05) is 26.7 Å². The number of carboxylic acid groups (broad SMARTS) is 5. The molecule has 2 aliphatic heterocycles. The molecule has 0 spiro atoms. The van der Waals surface area contributed by atoms with Gasteiger partial charge in [0.15, 0.2) is 12.6 Å². The smallest absolute Gasteiger partial charge is 0.326 e. The molecular formula is C52H85N11O28. The highest BCUT2D eigenvalue weighted by molar-refractivity contribution is 5.94. The molecule has 2 saturated heterocycles. The fourth-order valence-electron chi connectivity index (χ4n) is 9.07. The molecule has 20 unspecified atom stereocenters. The van der Waals surface area contributed by atoms with Gasteiger partial charge in [-0.2, -0.15) is 0 Å². The standard InChI is InChI=1S/C52H85N11O28/c1-19(53)41(72)61-29(49(83)84)13-15-33(68)59-26(10-7-9-25(54)46(77)78)45(76)56-21(3)43(74)62-28(48(81)82)12-8-11-27(47(79)80)60-34(69)16-14-30(50(85)86)63-42(73)20(2)55-44(75)22(4)88-40-36(58-24(6)67)51(87)89-32(18-65)39(40)91-52-35(57-23(5)66)38(71)37(70)31(17-64)90-52/h19-22,25-32,35-40,51-52,64-65,70-71,87H,7-18,53-54H2,1-6H3,(H,55,75)(H,56,76)(H,57,66)(H,58,67)(H,59,68)(H,60,69)(H,61,72)(H,62,74)(H,63,73)(H,77,78)(H,79,80)(H,81,82)(H,83,84)(H,85,86). The van der Waals surface area contributed by atoms with Gasteiger partial charge in [-0.1, -0.05) is 0 Å². The van der Waals surface area contributed by atoms with Crippen LogP contribution in [0, 0.1) is 0 Å². The molecule has 20 atom stereocenters. The van der Waals surface area contributed by atoms with E-state index in [0.717, 1.165) is 34.6 Å². The Balaban J connectivity index is 2.09. The fourth-order valence-corrected chi connectivity index (χ4v) is 9.07. The van der Waals surface area contributed by atoms with Crippen LogP contribution in [0.5, 0.6) is 0 Å². The maximum absolute atomic E-state index is 13.6. The third-order valence-corrected chi connectivity index (χ3v) is 14.2. The largest absolute Gasteiger partial charge is 0.480 e. The van der Waals surface area contributed by atoms with Gasteiger partial charge in [0.1, 0.15) is 103 Å². The van der Waals surface area contributed by atoms with Crippen molar-refractivity contribution in [2.45, 2.75) is 228 Å². The zero-order chi connectivity index (χ0) is 69.3. The third kappa shape index (κ3) is 26.1. The number of amides is 9. The van der Waals surface area contributed by atoms with Crippen molar-refractivity contribution in [1.29, 1.82) is 0 Å². The van der Waals surface area contributed by atoms with E-state index in [-0.39, 0.29) is 25.7 Å². The number of aliphatic hydroxyl groups excluding tert-OH is 5. The first-order valence-electron chi connectivity index (χ1n) is 28.6. The zero-order valence-corrected chi connectivity index (χ0v) is 50.5. The summed E-state index contributed by atoms with van der Waals surface area (Å²) in [6.45, 7) is 4.97. The SMILES string of the molecule is CC(=O)NC1C(OC2C(CO)OC(O)C(NC(C)=O)C2OC(C)C(=O)NC(C)C(=O)NC(CCC(=O)NC(CCCC(NC(=O)C(C)NC(=O)C(CCCC(N)C(=O)O)NC(=O)CCC(NC(=O)C(C)N)C(=O)O)C(=O)O)C(=O)O)C(=O)O)OC(CO)C(O)C1O. The van der Waals surface area contributed by atoms with Crippen LogP contribution in [0.15, 0.2) is 0 Å². The number of ether oxygens (including phenoxy) is 4. The predicted molar refractivity (Wildman–Crippen MR) is 301 cm³/mol. The number of aliphatic carboxylic acids is 5. The lowest BCUT2D eigenvalue weighted by Crippen LogP contribution is -2.70. The highest BCUT2D eigenvalue weighted by Gasteiger charge is 2.53. The Morgan fingerprint density at radius 3 is 1.33 bits per heavy atom. The molecule has 39 nitrogen and oxygen atoms in total.